The number of amides is 1. The highest BCUT2D eigenvalue weighted by atomic mass is 16.5. The number of hydrogen-bond donors (Lipinski definition) is 1. The minimum atomic E-state index is -0.00280. The van der Waals surface area contributed by atoms with E-state index in [4.69, 9.17) is 10.5 Å². The largest absolute Gasteiger partial charge is 0.377 e. The quantitative estimate of drug-likeness (QED) is 0.754. The van der Waals surface area contributed by atoms with Gasteiger partial charge in [-0.3, -0.25) is 4.79 Å². The molecule has 15 heavy (non-hydrogen) atoms. The molecule has 0 aromatic carbocycles. The first-order chi connectivity index (χ1) is 7.13. The van der Waals surface area contributed by atoms with E-state index < -0.39 is 0 Å². The van der Waals surface area contributed by atoms with Crippen molar-refractivity contribution < 1.29 is 9.53 Å². The summed E-state index contributed by atoms with van der Waals surface area (Å²) in [6, 6.07) is -0.00280. The highest BCUT2D eigenvalue weighted by Gasteiger charge is 2.20. The average Bonchev–Trinajstić information content (AvgIpc) is 2.42. The Morgan fingerprint density at radius 3 is 3.07 bits per heavy atom. The molecular weight excluding hydrogens is 192 g/mol. The summed E-state index contributed by atoms with van der Waals surface area (Å²) in [6.07, 6.45) is 2.39. The number of nitrogens with two attached hydrogens (primary N) is 1. The molecule has 4 nitrogen and oxygen atoms in total. The molecule has 1 fully saturated rings. The topological polar surface area (TPSA) is 55.6 Å². The minimum absolute atomic E-state index is 0.00280. The highest BCUT2D eigenvalue weighted by Crippen LogP contribution is 2.08. The van der Waals surface area contributed by atoms with Gasteiger partial charge in [0.1, 0.15) is 0 Å². The Labute approximate surface area is 91.8 Å². The molecule has 88 valence electrons. The van der Waals surface area contributed by atoms with E-state index in [2.05, 4.69) is 0 Å². The Balaban J connectivity index is 2.42. The monoisotopic (exact) mass is 214 g/mol. The van der Waals surface area contributed by atoms with Crippen LogP contribution in [0.5, 0.6) is 0 Å². The van der Waals surface area contributed by atoms with Crippen molar-refractivity contribution >= 4 is 5.91 Å². The van der Waals surface area contributed by atoms with Crippen LogP contribution in [0.15, 0.2) is 0 Å². The van der Waals surface area contributed by atoms with Crippen LogP contribution in [0.4, 0.5) is 0 Å². The number of hydrogen-bond acceptors (Lipinski definition) is 3. The van der Waals surface area contributed by atoms with E-state index >= 15 is 0 Å². The number of nitrogens with zero attached hydrogens (tertiary/aromatic N) is 1. The predicted octanol–water partition coefficient (Wildman–Crippen LogP) is 0.751. The molecule has 0 bridgehead atoms. The normalized spacial score (nSPS) is 24.7. The van der Waals surface area contributed by atoms with Gasteiger partial charge >= 0.3 is 0 Å². The molecule has 1 heterocycles. The standard InChI is InChI=1S/C11H22N2O2/c1-3-10(12)7-11(14)13-5-4-6-15-9(2)8-13/h9-10H,3-8,12H2,1-2H3. The van der Waals surface area contributed by atoms with E-state index in [0.29, 0.717) is 13.0 Å². The minimum Gasteiger partial charge on any atom is -0.377 e. The van der Waals surface area contributed by atoms with E-state index in [1.54, 1.807) is 0 Å². The van der Waals surface area contributed by atoms with Gasteiger partial charge in [-0.05, 0) is 19.8 Å². The molecule has 0 aliphatic carbocycles. The van der Waals surface area contributed by atoms with E-state index in [1.807, 2.05) is 18.7 Å². The summed E-state index contributed by atoms with van der Waals surface area (Å²) in [5.74, 6) is 0.168. The molecule has 1 aliphatic rings. The third-order valence-electron chi connectivity index (χ3n) is 2.77. The van der Waals surface area contributed by atoms with Gasteiger partial charge in [-0.15, -0.1) is 0 Å². The maximum Gasteiger partial charge on any atom is 0.224 e. The summed E-state index contributed by atoms with van der Waals surface area (Å²) < 4.78 is 5.49. The Kier molecular flexibility index (Phi) is 5.05. The predicted molar refractivity (Wildman–Crippen MR) is 59.5 cm³/mol. The molecule has 0 saturated carbocycles. The summed E-state index contributed by atoms with van der Waals surface area (Å²) >= 11 is 0. The van der Waals surface area contributed by atoms with Crippen LogP contribution in [-0.2, 0) is 9.53 Å². The number of carbonyl (C=O) groups excluding carboxylic acids is 1. The molecule has 2 unspecified atom stereocenters. The molecule has 4 heteroatoms. The first-order valence-corrected chi connectivity index (χ1v) is 5.78. The van der Waals surface area contributed by atoms with Crippen LogP contribution in [0.3, 0.4) is 0 Å². The molecule has 1 aliphatic heterocycles. The van der Waals surface area contributed by atoms with Crippen LogP contribution >= 0.6 is 0 Å². The van der Waals surface area contributed by atoms with E-state index in [9.17, 15) is 4.79 Å². The lowest BCUT2D eigenvalue weighted by Gasteiger charge is -2.23. The molecule has 0 spiro atoms. The zero-order valence-electron chi connectivity index (χ0n) is 9.74. The molecule has 1 saturated heterocycles. The molecule has 1 rings (SSSR count). The average molecular weight is 214 g/mol. The van der Waals surface area contributed by atoms with Gasteiger partial charge in [-0.25, -0.2) is 0 Å². The third-order valence-corrected chi connectivity index (χ3v) is 2.77. The van der Waals surface area contributed by atoms with Crippen molar-refractivity contribution in [3.63, 3.8) is 0 Å². The second kappa shape index (κ2) is 6.08. The first kappa shape index (κ1) is 12.5. The molecule has 2 N–H and O–H groups in total. The van der Waals surface area contributed by atoms with Gasteiger partial charge in [0.15, 0.2) is 0 Å². The fourth-order valence-electron chi connectivity index (χ4n) is 1.72. The lowest BCUT2D eigenvalue weighted by molar-refractivity contribution is -0.132. The zero-order valence-corrected chi connectivity index (χ0v) is 9.74. The van der Waals surface area contributed by atoms with Gasteiger partial charge < -0.3 is 15.4 Å². The van der Waals surface area contributed by atoms with Crippen LogP contribution in [0, 0.1) is 0 Å². The van der Waals surface area contributed by atoms with Crippen LogP contribution < -0.4 is 5.73 Å². The lowest BCUT2D eigenvalue weighted by Crippen LogP contribution is -2.39. The SMILES string of the molecule is CCC(N)CC(=O)N1CCCOC(C)C1. The number of ether oxygens (including phenoxy) is 1. The Hall–Kier alpha value is -0.610. The third kappa shape index (κ3) is 4.18. The van der Waals surface area contributed by atoms with Crippen molar-refractivity contribution in [3.05, 3.63) is 0 Å². The second-order valence-electron chi connectivity index (χ2n) is 4.25. The van der Waals surface area contributed by atoms with Gasteiger partial charge in [0, 0.05) is 32.2 Å². The van der Waals surface area contributed by atoms with Crippen molar-refractivity contribution in [1.82, 2.24) is 4.90 Å². The van der Waals surface area contributed by atoms with Crippen LogP contribution in [0.2, 0.25) is 0 Å². The summed E-state index contributed by atoms with van der Waals surface area (Å²) in [5, 5.41) is 0. The van der Waals surface area contributed by atoms with Crippen molar-refractivity contribution in [2.24, 2.45) is 5.73 Å². The fourth-order valence-corrected chi connectivity index (χ4v) is 1.72. The second-order valence-corrected chi connectivity index (χ2v) is 4.25. The van der Waals surface area contributed by atoms with Gasteiger partial charge in [-0.1, -0.05) is 6.92 Å². The summed E-state index contributed by atoms with van der Waals surface area (Å²) in [5.41, 5.74) is 5.78. The van der Waals surface area contributed by atoms with Gasteiger partial charge in [0.25, 0.3) is 0 Å². The van der Waals surface area contributed by atoms with E-state index in [-0.39, 0.29) is 18.1 Å². The first-order valence-electron chi connectivity index (χ1n) is 5.78. The molecule has 1 amide bonds. The van der Waals surface area contributed by atoms with E-state index in [0.717, 1.165) is 26.0 Å². The van der Waals surface area contributed by atoms with Crippen molar-refractivity contribution in [2.45, 2.75) is 45.3 Å². The van der Waals surface area contributed by atoms with Crippen molar-refractivity contribution in [3.8, 4) is 0 Å². The molecule has 0 aromatic heterocycles. The van der Waals surface area contributed by atoms with Gasteiger partial charge in [-0.2, -0.15) is 0 Å². The summed E-state index contributed by atoms with van der Waals surface area (Å²) in [6.45, 7) is 6.27. The maximum absolute atomic E-state index is 11.9. The zero-order chi connectivity index (χ0) is 11.3. The molecule has 0 aromatic rings. The Bertz CT molecular complexity index is 209. The fraction of sp³-hybridized carbons (Fsp3) is 0.909. The van der Waals surface area contributed by atoms with Crippen LogP contribution in [0.25, 0.3) is 0 Å². The smallest absolute Gasteiger partial charge is 0.224 e. The van der Waals surface area contributed by atoms with Crippen LogP contribution in [0.1, 0.15) is 33.1 Å². The summed E-state index contributed by atoms with van der Waals surface area (Å²) in [4.78, 5) is 13.7. The van der Waals surface area contributed by atoms with Gasteiger partial charge in [0.05, 0.1) is 6.10 Å². The van der Waals surface area contributed by atoms with E-state index in [1.165, 1.54) is 0 Å². The Morgan fingerprint density at radius 1 is 1.67 bits per heavy atom. The lowest BCUT2D eigenvalue weighted by atomic mass is 10.1. The summed E-state index contributed by atoms with van der Waals surface area (Å²) in [7, 11) is 0. The molecular formula is C11H22N2O2. The Morgan fingerprint density at radius 2 is 2.40 bits per heavy atom. The van der Waals surface area contributed by atoms with Crippen LogP contribution in [-0.4, -0.2) is 42.6 Å². The molecule has 0 radical (unpaired) electrons. The number of rotatable bonds is 3. The van der Waals surface area contributed by atoms with Gasteiger partial charge in [0.2, 0.25) is 5.91 Å². The van der Waals surface area contributed by atoms with Crippen molar-refractivity contribution in [2.75, 3.05) is 19.7 Å². The van der Waals surface area contributed by atoms with Crippen molar-refractivity contribution in [1.29, 1.82) is 0 Å². The number of carbonyl (C=O) groups is 1. The molecule has 2 atom stereocenters. The highest BCUT2D eigenvalue weighted by molar-refractivity contribution is 5.76. The maximum atomic E-state index is 11.9.